The SMILES string of the molecule is CN1CCC(OC2c3ccccc3CCn3cc(CCCCc4ccccc4)nc32)CC1.O=C(O)C(=O)O. The summed E-state index contributed by atoms with van der Waals surface area (Å²) in [4.78, 5) is 25.7. The third-order valence-corrected chi connectivity index (χ3v) is 7.22. The zero-order chi connectivity index (χ0) is 26.9. The van der Waals surface area contributed by atoms with E-state index < -0.39 is 11.9 Å². The Balaban J connectivity index is 0.000000505. The number of carboxylic acids is 2. The van der Waals surface area contributed by atoms with E-state index in [0.717, 1.165) is 57.6 Å². The maximum atomic E-state index is 9.10. The molecule has 202 valence electrons. The summed E-state index contributed by atoms with van der Waals surface area (Å²) in [5.74, 6) is -2.54. The van der Waals surface area contributed by atoms with Gasteiger partial charge < -0.3 is 24.4 Å². The van der Waals surface area contributed by atoms with Gasteiger partial charge in [0.05, 0.1) is 11.8 Å². The van der Waals surface area contributed by atoms with Crippen molar-refractivity contribution in [3.05, 3.63) is 89.0 Å². The maximum Gasteiger partial charge on any atom is 0.414 e. The molecular formula is C30H37N3O5. The van der Waals surface area contributed by atoms with E-state index in [-0.39, 0.29) is 6.10 Å². The molecule has 0 saturated carbocycles. The second-order valence-corrected chi connectivity index (χ2v) is 10.1. The number of aromatic nitrogens is 2. The first-order chi connectivity index (χ1) is 18.4. The van der Waals surface area contributed by atoms with Gasteiger partial charge in [-0.1, -0.05) is 54.6 Å². The van der Waals surface area contributed by atoms with Crippen LogP contribution in [0.4, 0.5) is 0 Å². The third-order valence-electron chi connectivity index (χ3n) is 7.22. The molecule has 3 aromatic rings. The van der Waals surface area contributed by atoms with Crippen LogP contribution in [0.1, 0.15) is 60.0 Å². The number of carboxylic acid groups (broad SMARTS) is 2. The van der Waals surface area contributed by atoms with Crippen molar-refractivity contribution in [1.29, 1.82) is 0 Å². The first kappa shape index (κ1) is 27.5. The highest BCUT2D eigenvalue weighted by molar-refractivity contribution is 6.27. The van der Waals surface area contributed by atoms with E-state index in [1.807, 2.05) is 0 Å². The molecule has 0 spiro atoms. The number of aryl methyl sites for hydroxylation is 4. The minimum atomic E-state index is -1.82. The second-order valence-electron chi connectivity index (χ2n) is 10.1. The number of likely N-dealkylation sites (tertiary alicyclic amines) is 1. The second kappa shape index (κ2) is 13.3. The molecule has 8 heteroatoms. The average molecular weight is 520 g/mol. The number of carbonyl (C=O) groups is 2. The van der Waals surface area contributed by atoms with E-state index in [9.17, 15) is 0 Å². The average Bonchev–Trinajstić information content (AvgIpc) is 3.27. The van der Waals surface area contributed by atoms with E-state index in [1.54, 1.807) is 0 Å². The zero-order valence-electron chi connectivity index (χ0n) is 22.0. The minimum absolute atomic E-state index is 0.0554. The molecule has 0 bridgehead atoms. The molecule has 2 N–H and O–H groups in total. The van der Waals surface area contributed by atoms with Gasteiger partial charge in [-0.2, -0.15) is 0 Å². The van der Waals surface area contributed by atoms with Crippen molar-refractivity contribution in [3.8, 4) is 0 Å². The number of piperidine rings is 1. The fourth-order valence-electron chi connectivity index (χ4n) is 5.12. The molecule has 8 nitrogen and oxygen atoms in total. The van der Waals surface area contributed by atoms with Gasteiger partial charge in [-0.3, -0.25) is 0 Å². The highest BCUT2D eigenvalue weighted by atomic mass is 16.5. The Morgan fingerprint density at radius 2 is 1.58 bits per heavy atom. The highest BCUT2D eigenvalue weighted by Gasteiger charge is 2.30. The van der Waals surface area contributed by atoms with E-state index in [0.29, 0.717) is 6.10 Å². The molecule has 1 unspecified atom stereocenters. The Bertz CT molecular complexity index is 1190. The van der Waals surface area contributed by atoms with Crippen molar-refractivity contribution in [3.63, 3.8) is 0 Å². The summed E-state index contributed by atoms with van der Waals surface area (Å²) < 4.78 is 9.17. The van der Waals surface area contributed by atoms with Gasteiger partial charge in [0, 0.05) is 25.8 Å². The number of unbranched alkanes of at least 4 members (excludes halogenated alkanes) is 1. The smallest absolute Gasteiger partial charge is 0.414 e. The summed E-state index contributed by atoms with van der Waals surface area (Å²) >= 11 is 0. The molecular weight excluding hydrogens is 482 g/mol. The summed E-state index contributed by atoms with van der Waals surface area (Å²) in [6.07, 6.45) is 10.3. The fraction of sp³-hybridized carbons (Fsp3) is 0.433. The Kier molecular flexibility index (Phi) is 9.67. The zero-order valence-corrected chi connectivity index (χ0v) is 22.0. The van der Waals surface area contributed by atoms with Crippen LogP contribution in [0.2, 0.25) is 0 Å². The van der Waals surface area contributed by atoms with Crippen LogP contribution >= 0.6 is 0 Å². The van der Waals surface area contributed by atoms with Gasteiger partial charge in [0.1, 0.15) is 11.9 Å². The van der Waals surface area contributed by atoms with E-state index in [2.05, 4.69) is 77.3 Å². The summed E-state index contributed by atoms with van der Waals surface area (Å²) in [6.45, 7) is 3.21. The fourth-order valence-corrected chi connectivity index (χ4v) is 5.12. The topological polar surface area (TPSA) is 105 Å². The van der Waals surface area contributed by atoms with Crippen LogP contribution in [-0.4, -0.2) is 62.8 Å². The van der Waals surface area contributed by atoms with Crippen LogP contribution in [0.25, 0.3) is 0 Å². The number of rotatable bonds is 7. The quantitative estimate of drug-likeness (QED) is 0.353. The van der Waals surface area contributed by atoms with Gasteiger partial charge >= 0.3 is 11.9 Å². The van der Waals surface area contributed by atoms with Crippen molar-refractivity contribution in [2.45, 2.75) is 63.7 Å². The molecule has 2 aliphatic heterocycles. The third kappa shape index (κ3) is 7.52. The Hall–Kier alpha value is -3.49. The van der Waals surface area contributed by atoms with Crippen LogP contribution in [0.5, 0.6) is 0 Å². The van der Waals surface area contributed by atoms with Crippen LogP contribution in [0, 0.1) is 0 Å². The van der Waals surface area contributed by atoms with Crippen molar-refractivity contribution in [1.82, 2.24) is 14.5 Å². The lowest BCUT2D eigenvalue weighted by Gasteiger charge is -2.32. The summed E-state index contributed by atoms with van der Waals surface area (Å²) in [5.41, 5.74) is 5.35. The van der Waals surface area contributed by atoms with Gasteiger partial charge in [0.25, 0.3) is 0 Å². The Labute approximate surface area is 223 Å². The molecule has 0 amide bonds. The molecule has 2 aromatic carbocycles. The van der Waals surface area contributed by atoms with Gasteiger partial charge in [0.15, 0.2) is 0 Å². The molecule has 2 aliphatic rings. The van der Waals surface area contributed by atoms with Crippen molar-refractivity contribution in [2.75, 3.05) is 20.1 Å². The number of hydrogen-bond acceptors (Lipinski definition) is 5. The number of nitrogens with zero attached hydrogens (tertiary/aromatic N) is 3. The monoisotopic (exact) mass is 519 g/mol. The van der Waals surface area contributed by atoms with Crippen LogP contribution in [0.3, 0.4) is 0 Å². The number of fused-ring (bicyclic) bond motifs is 2. The molecule has 0 radical (unpaired) electrons. The molecule has 5 rings (SSSR count). The first-order valence-electron chi connectivity index (χ1n) is 13.4. The van der Waals surface area contributed by atoms with Crippen LogP contribution < -0.4 is 0 Å². The normalized spacial score (nSPS) is 17.4. The lowest BCUT2D eigenvalue weighted by molar-refractivity contribution is -0.159. The molecule has 1 aromatic heterocycles. The lowest BCUT2D eigenvalue weighted by Crippen LogP contribution is -2.35. The van der Waals surface area contributed by atoms with E-state index in [1.165, 1.54) is 35.2 Å². The molecule has 38 heavy (non-hydrogen) atoms. The highest BCUT2D eigenvalue weighted by Crippen LogP contribution is 2.34. The summed E-state index contributed by atoms with van der Waals surface area (Å²) in [5, 5.41) is 14.8. The lowest BCUT2D eigenvalue weighted by atomic mass is 10.00. The van der Waals surface area contributed by atoms with Gasteiger partial charge in [0.2, 0.25) is 0 Å². The van der Waals surface area contributed by atoms with Crippen molar-refractivity contribution >= 4 is 11.9 Å². The van der Waals surface area contributed by atoms with Crippen LogP contribution in [0.15, 0.2) is 60.8 Å². The maximum absolute atomic E-state index is 9.10. The number of hydrogen-bond donors (Lipinski definition) is 2. The number of imidazole rings is 1. The first-order valence-corrected chi connectivity index (χ1v) is 13.4. The van der Waals surface area contributed by atoms with E-state index >= 15 is 0 Å². The van der Waals surface area contributed by atoms with Crippen molar-refractivity contribution in [2.24, 2.45) is 0 Å². The number of ether oxygens (including phenoxy) is 1. The predicted molar refractivity (Wildman–Crippen MR) is 144 cm³/mol. The standard InChI is InChI=1S/C28H35N3O.C2H2O4/c1-30-18-16-25(17-19-30)32-27-26-14-8-6-12-23(26)15-20-31-21-24(29-28(27)31)13-7-5-11-22-9-3-2-4-10-22;3-1(4)2(5)6/h2-4,6,8-10,12,14,21,25,27H,5,7,11,13,15-20H2,1H3;(H,3,4)(H,5,6). The van der Waals surface area contributed by atoms with Crippen molar-refractivity contribution < 1.29 is 24.5 Å². The summed E-state index contributed by atoms with van der Waals surface area (Å²) in [6, 6.07) is 19.6. The minimum Gasteiger partial charge on any atom is -0.473 e. The molecule has 3 heterocycles. The largest absolute Gasteiger partial charge is 0.473 e. The van der Waals surface area contributed by atoms with Gasteiger partial charge in [-0.25, -0.2) is 14.6 Å². The van der Waals surface area contributed by atoms with Gasteiger partial charge in [-0.05, 0) is 68.7 Å². The van der Waals surface area contributed by atoms with E-state index in [4.69, 9.17) is 29.5 Å². The summed E-state index contributed by atoms with van der Waals surface area (Å²) in [7, 11) is 2.20. The molecule has 1 atom stereocenters. The van der Waals surface area contributed by atoms with Gasteiger partial charge in [-0.15, -0.1) is 0 Å². The number of aliphatic carboxylic acids is 2. The molecule has 1 fully saturated rings. The Morgan fingerprint density at radius 1 is 0.921 bits per heavy atom. The van der Waals surface area contributed by atoms with Crippen LogP contribution in [-0.2, 0) is 40.1 Å². The number of benzene rings is 2. The molecule has 1 saturated heterocycles. The predicted octanol–water partition coefficient (Wildman–Crippen LogP) is 4.36. The molecule has 0 aliphatic carbocycles. The Morgan fingerprint density at radius 3 is 2.29 bits per heavy atom.